The summed E-state index contributed by atoms with van der Waals surface area (Å²) in [6.45, 7) is 2.14. The first kappa shape index (κ1) is 9.97. The number of rotatable bonds is 4. The lowest BCUT2D eigenvalue weighted by molar-refractivity contribution is 0.110. The molecule has 0 atom stereocenters. The largest absolute Gasteiger partial charge is 0.453 e. The maximum atomic E-state index is 10.9. The Balaban J connectivity index is 2.51. The first-order valence-electron chi connectivity index (χ1n) is 5.32. The molecule has 0 saturated carbocycles. The number of carbonyl (C=O) groups excluding carboxylic acids is 1. The van der Waals surface area contributed by atoms with E-state index < -0.39 is 0 Å². The monoisotopic (exact) mass is 202 g/mol. The van der Waals surface area contributed by atoms with Crippen LogP contribution in [0.5, 0.6) is 0 Å². The molecule has 2 rings (SSSR count). The third kappa shape index (κ3) is 1.80. The fourth-order valence-electron chi connectivity index (χ4n) is 1.82. The Morgan fingerprint density at radius 1 is 1.33 bits per heavy atom. The van der Waals surface area contributed by atoms with Crippen LogP contribution in [0.4, 0.5) is 0 Å². The Bertz CT molecular complexity index is 468. The Morgan fingerprint density at radius 2 is 2.13 bits per heavy atom. The summed E-state index contributed by atoms with van der Waals surface area (Å²) in [7, 11) is 0. The Morgan fingerprint density at radius 3 is 2.87 bits per heavy atom. The number of furan rings is 1. The van der Waals surface area contributed by atoms with Gasteiger partial charge in [0.25, 0.3) is 0 Å². The summed E-state index contributed by atoms with van der Waals surface area (Å²) >= 11 is 0. The van der Waals surface area contributed by atoms with Crippen molar-refractivity contribution in [2.45, 2.75) is 26.2 Å². The number of fused-ring (bicyclic) bond motifs is 1. The third-order valence-electron chi connectivity index (χ3n) is 2.62. The van der Waals surface area contributed by atoms with E-state index in [-0.39, 0.29) is 0 Å². The normalized spacial score (nSPS) is 10.7. The summed E-state index contributed by atoms with van der Waals surface area (Å²) < 4.78 is 5.48. The molecule has 1 heterocycles. The fourth-order valence-corrected chi connectivity index (χ4v) is 1.82. The number of unbranched alkanes of at least 4 members (excludes halogenated alkanes) is 1. The minimum atomic E-state index is 0.490. The summed E-state index contributed by atoms with van der Waals surface area (Å²) in [6, 6.07) is 7.81. The highest BCUT2D eigenvalue weighted by molar-refractivity contribution is 5.89. The van der Waals surface area contributed by atoms with Gasteiger partial charge in [-0.05, 0) is 18.9 Å². The zero-order valence-corrected chi connectivity index (χ0v) is 8.82. The van der Waals surface area contributed by atoms with Crippen molar-refractivity contribution in [1.29, 1.82) is 0 Å². The van der Waals surface area contributed by atoms with Gasteiger partial charge < -0.3 is 4.42 Å². The highest BCUT2D eigenvalue weighted by Gasteiger charge is 2.11. The van der Waals surface area contributed by atoms with Crippen molar-refractivity contribution >= 4 is 17.3 Å². The van der Waals surface area contributed by atoms with Crippen LogP contribution in [0.2, 0.25) is 0 Å². The molecule has 1 aromatic heterocycles. The third-order valence-corrected chi connectivity index (χ3v) is 2.62. The smallest absolute Gasteiger partial charge is 0.185 e. The quantitative estimate of drug-likeness (QED) is 0.709. The van der Waals surface area contributed by atoms with E-state index >= 15 is 0 Å². The number of para-hydroxylation sites is 1. The molecular weight excluding hydrogens is 188 g/mol. The molecule has 0 aliphatic rings. The highest BCUT2D eigenvalue weighted by Crippen LogP contribution is 2.26. The molecule has 0 bridgehead atoms. The van der Waals surface area contributed by atoms with Crippen molar-refractivity contribution in [2.24, 2.45) is 0 Å². The standard InChI is InChI=1S/C13H14O2/c1-2-3-6-11-10-7-4-5-8-12(10)15-13(11)9-14/h4-5,7-9H,2-3,6H2,1H3. The van der Waals surface area contributed by atoms with Crippen LogP contribution in [0.3, 0.4) is 0 Å². The van der Waals surface area contributed by atoms with Gasteiger partial charge in [0.15, 0.2) is 12.0 Å². The lowest BCUT2D eigenvalue weighted by atomic mass is 10.1. The molecule has 15 heavy (non-hydrogen) atoms. The zero-order chi connectivity index (χ0) is 10.7. The van der Waals surface area contributed by atoms with Gasteiger partial charge >= 0.3 is 0 Å². The number of hydrogen-bond donors (Lipinski definition) is 0. The van der Waals surface area contributed by atoms with E-state index in [9.17, 15) is 4.79 Å². The molecule has 0 spiro atoms. The van der Waals surface area contributed by atoms with Gasteiger partial charge in [0, 0.05) is 10.9 Å². The van der Waals surface area contributed by atoms with Crippen molar-refractivity contribution in [3.8, 4) is 0 Å². The van der Waals surface area contributed by atoms with Gasteiger partial charge in [-0.1, -0.05) is 31.5 Å². The van der Waals surface area contributed by atoms with Crippen molar-refractivity contribution in [2.75, 3.05) is 0 Å². The molecule has 78 valence electrons. The predicted octanol–water partition coefficient (Wildman–Crippen LogP) is 3.59. The second-order valence-electron chi connectivity index (χ2n) is 3.66. The lowest BCUT2D eigenvalue weighted by Crippen LogP contribution is -1.88. The molecule has 0 fully saturated rings. The van der Waals surface area contributed by atoms with Gasteiger partial charge in [0.05, 0.1) is 0 Å². The minimum absolute atomic E-state index is 0.490. The van der Waals surface area contributed by atoms with E-state index in [1.54, 1.807) is 0 Å². The van der Waals surface area contributed by atoms with Gasteiger partial charge in [-0.3, -0.25) is 4.79 Å². The first-order valence-corrected chi connectivity index (χ1v) is 5.32. The summed E-state index contributed by atoms with van der Waals surface area (Å²) in [5.74, 6) is 0.490. The number of aryl methyl sites for hydroxylation is 1. The summed E-state index contributed by atoms with van der Waals surface area (Å²) in [5.41, 5.74) is 1.87. The maximum absolute atomic E-state index is 10.9. The lowest BCUT2D eigenvalue weighted by Gasteiger charge is -1.96. The molecule has 0 unspecified atom stereocenters. The Kier molecular flexibility index (Phi) is 2.86. The van der Waals surface area contributed by atoms with Crippen LogP contribution < -0.4 is 0 Å². The van der Waals surface area contributed by atoms with E-state index in [0.717, 1.165) is 42.1 Å². The van der Waals surface area contributed by atoms with E-state index in [1.165, 1.54) is 0 Å². The molecule has 0 N–H and O–H groups in total. The van der Waals surface area contributed by atoms with Crippen LogP contribution >= 0.6 is 0 Å². The Hall–Kier alpha value is -1.57. The average Bonchev–Trinajstić information content (AvgIpc) is 2.64. The average molecular weight is 202 g/mol. The molecule has 0 radical (unpaired) electrons. The number of aldehydes is 1. The second-order valence-corrected chi connectivity index (χ2v) is 3.66. The van der Waals surface area contributed by atoms with E-state index in [2.05, 4.69) is 6.92 Å². The molecule has 2 nitrogen and oxygen atoms in total. The molecular formula is C13H14O2. The summed E-state index contributed by atoms with van der Waals surface area (Å²) in [5, 5.41) is 1.08. The van der Waals surface area contributed by atoms with E-state index in [1.807, 2.05) is 24.3 Å². The van der Waals surface area contributed by atoms with Gasteiger partial charge in [-0.15, -0.1) is 0 Å². The van der Waals surface area contributed by atoms with Crippen molar-refractivity contribution in [3.63, 3.8) is 0 Å². The Labute approximate surface area is 88.9 Å². The van der Waals surface area contributed by atoms with Crippen LogP contribution in [-0.2, 0) is 6.42 Å². The van der Waals surface area contributed by atoms with Crippen LogP contribution in [-0.4, -0.2) is 6.29 Å². The minimum Gasteiger partial charge on any atom is -0.453 e. The molecule has 2 heteroatoms. The van der Waals surface area contributed by atoms with Crippen LogP contribution in [0.15, 0.2) is 28.7 Å². The summed E-state index contributed by atoms with van der Waals surface area (Å²) in [4.78, 5) is 10.9. The number of benzene rings is 1. The highest BCUT2D eigenvalue weighted by atomic mass is 16.3. The van der Waals surface area contributed by atoms with Gasteiger partial charge in [-0.25, -0.2) is 0 Å². The molecule has 0 amide bonds. The molecule has 2 aromatic rings. The second kappa shape index (κ2) is 4.30. The van der Waals surface area contributed by atoms with Gasteiger partial charge in [0.2, 0.25) is 0 Å². The molecule has 0 aliphatic heterocycles. The number of hydrogen-bond acceptors (Lipinski definition) is 2. The van der Waals surface area contributed by atoms with Crippen molar-refractivity contribution < 1.29 is 9.21 Å². The van der Waals surface area contributed by atoms with E-state index in [0.29, 0.717) is 5.76 Å². The van der Waals surface area contributed by atoms with Gasteiger partial charge in [-0.2, -0.15) is 0 Å². The molecule has 0 aliphatic carbocycles. The van der Waals surface area contributed by atoms with E-state index in [4.69, 9.17) is 4.42 Å². The predicted molar refractivity (Wildman–Crippen MR) is 60.2 cm³/mol. The molecule has 1 aromatic carbocycles. The first-order chi connectivity index (χ1) is 7.36. The van der Waals surface area contributed by atoms with Crippen LogP contribution in [0.25, 0.3) is 11.0 Å². The summed E-state index contributed by atoms with van der Waals surface area (Å²) in [6.07, 6.45) is 3.94. The topological polar surface area (TPSA) is 30.2 Å². The van der Waals surface area contributed by atoms with Crippen molar-refractivity contribution in [1.82, 2.24) is 0 Å². The van der Waals surface area contributed by atoms with Crippen LogP contribution in [0, 0.1) is 0 Å². The van der Waals surface area contributed by atoms with Crippen molar-refractivity contribution in [3.05, 3.63) is 35.6 Å². The number of carbonyl (C=O) groups is 1. The molecule has 0 saturated heterocycles. The maximum Gasteiger partial charge on any atom is 0.185 e. The van der Waals surface area contributed by atoms with Gasteiger partial charge in [0.1, 0.15) is 5.58 Å². The zero-order valence-electron chi connectivity index (χ0n) is 8.82. The SMILES string of the molecule is CCCCc1c(C=O)oc2ccccc12. The fraction of sp³-hybridized carbons (Fsp3) is 0.308. The van der Waals surface area contributed by atoms with Crippen LogP contribution in [0.1, 0.15) is 35.9 Å².